The second kappa shape index (κ2) is 10.1. The van der Waals surface area contributed by atoms with Gasteiger partial charge in [0.05, 0.1) is 19.1 Å². The fourth-order valence-corrected chi connectivity index (χ4v) is 3.31. The van der Waals surface area contributed by atoms with Crippen LogP contribution in [0.25, 0.3) is 0 Å². The van der Waals surface area contributed by atoms with Crippen LogP contribution in [-0.2, 0) is 4.79 Å². The van der Waals surface area contributed by atoms with Crippen molar-refractivity contribution in [2.75, 3.05) is 29.4 Å². The molecule has 0 fully saturated rings. The SMILES string of the molecule is COc1ccc(Br)cc1/C=N/Nc1nnc(SCC(=O)Nc2ccc(F)cc2)n1N. The van der Waals surface area contributed by atoms with Gasteiger partial charge in [0.2, 0.25) is 11.1 Å². The number of carbonyl (C=O) groups excluding carboxylic acids is 1. The van der Waals surface area contributed by atoms with Crippen molar-refractivity contribution in [3.63, 3.8) is 0 Å². The van der Waals surface area contributed by atoms with Crippen LogP contribution in [0, 0.1) is 5.82 Å². The van der Waals surface area contributed by atoms with Gasteiger partial charge in [-0.25, -0.2) is 14.5 Å². The Balaban J connectivity index is 1.56. The number of carbonyl (C=O) groups is 1. The molecule has 0 aliphatic carbocycles. The van der Waals surface area contributed by atoms with Crippen molar-refractivity contribution in [3.05, 3.63) is 58.3 Å². The van der Waals surface area contributed by atoms with E-state index in [9.17, 15) is 9.18 Å². The van der Waals surface area contributed by atoms with Crippen molar-refractivity contribution in [2.24, 2.45) is 5.10 Å². The van der Waals surface area contributed by atoms with Crippen LogP contribution in [0.2, 0.25) is 0 Å². The summed E-state index contributed by atoms with van der Waals surface area (Å²) in [4.78, 5) is 12.0. The molecule has 12 heteroatoms. The topological polar surface area (TPSA) is 119 Å². The van der Waals surface area contributed by atoms with Gasteiger partial charge in [0.1, 0.15) is 11.6 Å². The summed E-state index contributed by atoms with van der Waals surface area (Å²) < 4.78 is 20.2. The number of anilines is 2. The highest BCUT2D eigenvalue weighted by Crippen LogP contribution is 2.21. The normalized spacial score (nSPS) is 10.9. The highest BCUT2D eigenvalue weighted by molar-refractivity contribution is 9.10. The molecule has 30 heavy (non-hydrogen) atoms. The van der Waals surface area contributed by atoms with Gasteiger partial charge in [-0.05, 0) is 42.5 Å². The summed E-state index contributed by atoms with van der Waals surface area (Å²) in [5.41, 5.74) is 3.94. The summed E-state index contributed by atoms with van der Waals surface area (Å²) in [5.74, 6) is 6.18. The fraction of sp³-hybridized carbons (Fsp3) is 0.111. The maximum Gasteiger partial charge on any atom is 0.264 e. The number of nitrogen functional groups attached to an aromatic ring is 1. The maximum absolute atomic E-state index is 12.9. The summed E-state index contributed by atoms with van der Waals surface area (Å²) >= 11 is 4.49. The monoisotopic (exact) mass is 493 g/mol. The number of thioether (sulfide) groups is 1. The van der Waals surface area contributed by atoms with Crippen molar-refractivity contribution in [3.8, 4) is 5.75 Å². The van der Waals surface area contributed by atoms with Crippen LogP contribution in [0.5, 0.6) is 5.75 Å². The molecule has 3 rings (SSSR count). The van der Waals surface area contributed by atoms with Crippen LogP contribution in [0.1, 0.15) is 5.56 Å². The molecule has 0 atom stereocenters. The van der Waals surface area contributed by atoms with Gasteiger partial charge in [0.15, 0.2) is 0 Å². The van der Waals surface area contributed by atoms with Gasteiger partial charge < -0.3 is 15.9 Å². The van der Waals surface area contributed by atoms with Gasteiger partial charge >= 0.3 is 0 Å². The van der Waals surface area contributed by atoms with E-state index >= 15 is 0 Å². The number of methoxy groups -OCH3 is 1. The molecule has 9 nitrogen and oxygen atoms in total. The number of hydrogen-bond acceptors (Lipinski definition) is 8. The van der Waals surface area contributed by atoms with E-state index in [1.54, 1.807) is 13.3 Å². The van der Waals surface area contributed by atoms with E-state index in [4.69, 9.17) is 10.6 Å². The third kappa shape index (κ3) is 5.70. The molecule has 3 aromatic rings. The number of amides is 1. The summed E-state index contributed by atoms with van der Waals surface area (Å²) in [6, 6.07) is 11.0. The van der Waals surface area contributed by atoms with Crippen molar-refractivity contribution in [2.45, 2.75) is 5.16 Å². The molecule has 0 saturated carbocycles. The first-order valence-corrected chi connectivity index (χ1v) is 10.3. The first-order valence-electron chi connectivity index (χ1n) is 8.47. The highest BCUT2D eigenvalue weighted by Gasteiger charge is 2.12. The second-order valence-corrected chi connectivity index (χ2v) is 7.63. The minimum Gasteiger partial charge on any atom is -0.496 e. The quantitative estimate of drug-likeness (QED) is 0.191. The van der Waals surface area contributed by atoms with E-state index in [2.05, 4.69) is 42.0 Å². The number of nitrogens with two attached hydrogens (primary N) is 1. The molecule has 0 bridgehead atoms. The Morgan fingerprint density at radius 2 is 2.10 bits per heavy atom. The Hall–Kier alpha value is -3.12. The largest absolute Gasteiger partial charge is 0.496 e. The van der Waals surface area contributed by atoms with Crippen LogP contribution in [0.15, 0.2) is 57.2 Å². The zero-order chi connectivity index (χ0) is 21.5. The van der Waals surface area contributed by atoms with Crippen LogP contribution in [0.3, 0.4) is 0 Å². The summed E-state index contributed by atoms with van der Waals surface area (Å²) in [7, 11) is 1.57. The first kappa shape index (κ1) is 21.6. The van der Waals surface area contributed by atoms with Gasteiger partial charge in [-0.3, -0.25) is 4.79 Å². The smallest absolute Gasteiger partial charge is 0.264 e. The van der Waals surface area contributed by atoms with Crippen molar-refractivity contribution in [1.82, 2.24) is 14.9 Å². The lowest BCUT2D eigenvalue weighted by Gasteiger charge is -2.06. The minimum absolute atomic E-state index is 0.0468. The molecule has 0 radical (unpaired) electrons. The van der Waals surface area contributed by atoms with Crippen molar-refractivity contribution >= 4 is 51.4 Å². The molecule has 1 heterocycles. The summed E-state index contributed by atoms with van der Waals surface area (Å²) in [5, 5.41) is 14.9. The summed E-state index contributed by atoms with van der Waals surface area (Å²) in [6.07, 6.45) is 1.56. The zero-order valence-corrected chi connectivity index (χ0v) is 18.1. The minimum atomic E-state index is -0.375. The number of hydrogen-bond donors (Lipinski definition) is 3. The maximum atomic E-state index is 12.9. The number of halogens is 2. The van der Waals surface area contributed by atoms with E-state index in [0.717, 1.165) is 21.8 Å². The fourth-order valence-electron chi connectivity index (χ4n) is 2.28. The van der Waals surface area contributed by atoms with E-state index in [1.165, 1.54) is 28.9 Å². The van der Waals surface area contributed by atoms with Crippen LogP contribution < -0.4 is 21.3 Å². The molecule has 1 aromatic heterocycles. The van der Waals surface area contributed by atoms with Crippen molar-refractivity contribution < 1.29 is 13.9 Å². The Labute approximate surface area is 184 Å². The average Bonchev–Trinajstić information content (AvgIpc) is 3.08. The third-order valence-electron chi connectivity index (χ3n) is 3.68. The molecule has 1 amide bonds. The number of nitrogens with zero attached hydrogens (tertiary/aromatic N) is 4. The molecular formula is C18H17BrFN7O2S. The molecular weight excluding hydrogens is 477 g/mol. The molecule has 2 aromatic carbocycles. The van der Waals surface area contributed by atoms with E-state index in [-0.39, 0.29) is 23.4 Å². The molecule has 0 aliphatic heterocycles. The summed E-state index contributed by atoms with van der Waals surface area (Å²) in [6.45, 7) is 0. The first-order chi connectivity index (χ1) is 14.5. The third-order valence-corrected chi connectivity index (χ3v) is 5.12. The lowest BCUT2D eigenvalue weighted by atomic mass is 10.2. The lowest BCUT2D eigenvalue weighted by Crippen LogP contribution is -2.16. The standard InChI is InChI=1S/C18H17BrFN7O2S/c1-29-15-7-2-12(19)8-11(15)9-22-24-17-25-26-18(27(17)21)30-10-16(28)23-14-5-3-13(20)4-6-14/h2-9H,10,21H2,1H3,(H,23,28)(H,24,25)/b22-9+. The van der Waals surface area contributed by atoms with E-state index < -0.39 is 0 Å². The van der Waals surface area contributed by atoms with Crippen LogP contribution in [0.4, 0.5) is 16.0 Å². The van der Waals surface area contributed by atoms with Gasteiger partial charge in [0.25, 0.3) is 5.95 Å². The average molecular weight is 494 g/mol. The Bertz CT molecular complexity index is 1060. The number of benzene rings is 2. The predicted molar refractivity (Wildman–Crippen MR) is 118 cm³/mol. The predicted octanol–water partition coefficient (Wildman–Crippen LogP) is 3.08. The van der Waals surface area contributed by atoms with Gasteiger partial charge in [-0.15, -0.1) is 10.2 Å². The number of rotatable bonds is 8. The highest BCUT2D eigenvalue weighted by atomic mass is 79.9. The molecule has 0 aliphatic rings. The molecule has 0 unspecified atom stereocenters. The molecule has 0 spiro atoms. The number of ether oxygens (including phenoxy) is 1. The number of aromatic nitrogens is 3. The van der Waals surface area contributed by atoms with Crippen LogP contribution >= 0.6 is 27.7 Å². The van der Waals surface area contributed by atoms with Gasteiger partial charge in [-0.1, -0.05) is 27.7 Å². The Morgan fingerprint density at radius 3 is 2.83 bits per heavy atom. The van der Waals surface area contributed by atoms with E-state index in [1.807, 2.05) is 18.2 Å². The van der Waals surface area contributed by atoms with Gasteiger partial charge in [-0.2, -0.15) is 5.10 Å². The van der Waals surface area contributed by atoms with Gasteiger partial charge in [0, 0.05) is 15.7 Å². The Morgan fingerprint density at radius 1 is 1.33 bits per heavy atom. The second-order valence-electron chi connectivity index (χ2n) is 5.78. The Kier molecular flexibility index (Phi) is 7.25. The van der Waals surface area contributed by atoms with Crippen LogP contribution in [-0.4, -0.2) is 39.9 Å². The number of hydrazone groups is 1. The molecule has 4 N–H and O–H groups in total. The number of nitrogens with one attached hydrogen (secondary N) is 2. The lowest BCUT2D eigenvalue weighted by molar-refractivity contribution is -0.113. The van der Waals surface area contributed by atoms with Crippen molar-refractivity contribution in [1.29, 1.82) is 0 Å². The molecule has 156 valence electrons. The van der Waals surface area contributed by atoms with E-state index in [0.29, 0.717) is 16.6 Å². The molecule has 0 saturated heterocycles. The zero-order valence-electron chi connectivity index (χ0n) is 15.7.